The molecule has 1 heterocycles. The highest BCUT2D eigenvalue weighted by Gasteiger charge is 2.13. The van der Waals surface area contributed by atoms with Gasteiger partial charge in [0.2, 0.25) is 0 Å². The molecule has 0 bridgehead atoms. The zero-order chi connectivity index (χ0) is 10.2. The lowest BCUT2D eigenvalue weighted by molar-refractivity contribution is 0.591. The number of pyridine rings is 1. The van der Waals surface area contributed by atoms with Crippen LogP contribution in [0.25, 0.3) is 10.8 Å². The molecule has 0 aliphatic rings. The zero-order valence-electron chi connectivity index (χ0n) is 8.83. The van der Waals surface area contributed by atoms with E-state index < -0.39 is 0 Å². The molecule has 0 saturated carbocycles. The van der Waals surface area contributed by atoms with E-state index in [4.69, 9.17) is 0 Å². The van der Waals surface area contributed by atoms with Crippen molar-refractivity contribution in [2.75, 3.05) is 0 Å². The molecule has 1 aromatic heterocycles. The van der Waals surface area contributed by atoms with Crippen molar-refractivity contribution in [3.05, 3.63) is 42.2 Å². The molecule has 0 atom stereocenters. The molecule has 2 aromatic rings. The predicted octanol–water partition coefficient (Wildman–Crippen LogP) is 3.33. The summed E-state index contributed by atoms with van der Waals surface area (Å²) >= 11 is 0. The summed E-state index contributed by atoms with van der Waals surface area (Å²) in [6.45, 7) is 6.66. The Labute approximate surface area is 84.8 Å². The van der Waals surface area contributed by atoms with Crippen LogP contribution in [-0.2, 0) is 5.41 Å². The molecule has 0 fully saturated rings. The van der Waals surface area contributed by atoms with Gasteiger partial charge >= 0.3 is 0 Å². The second kappa shape index (κ2) is 3.09. The second-order valence-electron chi connectivity index (χ2n) is 4.61. The molecule has 71 valence electrons. The fraction of sp³-hybridized carbons (Fsp3) is 0.308. The molecule has 0 aliphatic heterocycles. The normalized spacial score (nSPS) is 11.9. The van der Waals surface area contributed by atoms with Crippen LogP contribution in [0.15, 0.2) is 30.5 Å². The first kappa shape index (κ1) is 9.20. The molecule has 2 rings (SSSR count). The van der Waals surface area contributed by atoms with Gasteiger partial charge < -0.3 is 0 Å². The van der Waals surface area contributed by atoms with Crippen molar-refractivity contribution in [1.29, 1.82) is 0 Å². The van der Waals surface area contributed by atoms with Crippen molar-refractivity contribution in [3.63, 3.8) is 0 Å². The van der Waals surface area contributed by atoms with E-state index in [1.165, 1.54) is 10.9 Å². The number of benzene rings is 1. The molecule has 0 amide bonds. The van der Waals surface area contributed by atoms with Gasteiger partial charge in [-0.3, -0.25) is 4.98 Å². The number of nitrogens with zero attached hydrogens (tertiary/aromatic N) is 1. The maximum absolute atomic E-state index is 3.98. The van der Waals surface area contributed by atoms with Gasteiger partial charge in [0.25, 0.3) is 0 Å². The Bertz CT molecular complexity index is 452. The van der Waals surface area contributed by atoms with E-state index >= 15 is 0 Å². The number of rotatable bonds is 0. The quantitative estimate of drug-likeness (QED) is 0.612. The average molecular weight is 184 g/mol. The summed E-state index contributed by atoms with van der Waals surface area (Å²) in [7, 11) is 0. The highest BCUT2D eigenvalue weighted by Crippen LogP contribution is 2.25. The molecule has 1 aromatic carbocycles. The smallest absolute Gasteiger partial charge is 0.0970 e. The molecule has 14 heavy (non-hydrogen) atoms. The Morgan fingerprint density at radius 3 is 2.64 bits per heavy atom. The van der Waals surface area contributed by atoms with E-state index in [9.17, 15) is 0 Å². The topological polar surface area (TPSA) is 12.9 Å². The van der Waals surface area contributed by atoms with Gasteiger partial charge in [0.05, 0.1) is 6.20 Å². The number of hydrogen-bond acceptors (Lipinski definition) is 1. The van der Waals surface area contributed by atoms with Crippen LogP contribution in [0.1, 0.15) is 26.3 Å². The Morgan fingerprint density at radius 1 is 1.14 bits per heavy atom. The molecule has 1 heteroatoms. The van der Waals surface area contributed by atoms with E-state index in [-0.39, 0.29) is 5.41 Å². The van der Waals surface area contributed by atoms with Crippen LogP contribution < -0.4 is 0 Å². The third-order valence-corrected chi connectivity index (χ3v) is 2.43. The van der Waals surface area contributed by atoms with Crippen LogP contribution >= 0.6 is 0 Å². The van der Waals surface area contributed by atoms with E-state index in [1.807, 2.05) is 6.07 Å². The van der Waals surface area contributed by atoms with Crippen molar-refractivity contribution in [3.8, 4) is 0 Å². The van der Waals surface area contributed by atoms with Crippen LogP contribution in [0.4, 0.5) is 0 Å². The second-order valence-corrected chi connectivity index (χ2v) is 4.61. The van der Waals surface area contributed by atoms with Crippen molar-refractivity contribution in [1.82, 2.24) is 4.98 Å². The number of fused-ring (bicyclic) bond motifs is 1. The van der Waals surface area contributed by atoms with E-state index in [0.29, 0.717) is 0 Å². The van der Waals surface area contributed by atoms with Crippen molar-refractivity contribution in [2.24, 2.45) is 0 Å². The molecular weight excluding hydrogens is 170 g/mol. The van der Waals surface area contributed by atoms with Gasteiger partial charge in [-0.05, 0) is 22.4 Å². The van der Waals surface area contributed by atoms with Gasteiger partial charge in [-0.25, -0.2) is 0 Å². The highest BCUT2D eigenvalue weighted by molar-refractivity contribution is 5.81. The van der Waals surface area contributed by atoms with Crippen LogP contribution in [0, 0.1) is 6.20 Å². The molecule has 0 N–H and O–H groups in total. The minimum atomic E-state index is 0.206. The lowest BCUT2D eigenvalue weighted by Crippen LogP contribution is -2.10. The van der Waals surface area contributed by atoms with E-state index in [0.717, 1.165) is 5.39 Å². The van der Waals surface area contributed by atoms with Crippen molar-refractivity contribution >= 4 is 10.8 Å². The van der Waals surface area contributed by atoms with Crippen LogP contribution in [0.3, 0.4) is 0 Å². The SMILES string of the molecule is CC(C)(C)c1ccc2[c]nccc2c1. The highest BCUT2D eigenvalue weighted by atomic mass is 14.6. The van der Waals surface area contributed by atoms with Crippen molar-refractivity contribution in [2.45, 2.75) is 26.2 Å². The molecule has 0 aliphatic carbocycles. The first-order chi connectivity index (χ1) is 6.57. The third kappa shape index (κ3) is 1.63. The van der Waals surface area contributed by atoms with Crippen molar-refractivity contribution < 1.29 is 0 Å². The summed E-state index contributed by atoms with van der Waals surface area (Å²) in [6.07, 6.45) is 4.77. The minimum absolute atomic E-state index is 0.206. The predicted molar refractivity (Wildman–Crippen MR) is 59.3 cm³/mol. The molecule has 1 nitrogen and oxygen atoms in total. The molecular formula is C13H14N. The first-order valence-corrected chi connectivity index (χ1v) is 4.84. The Kier molecular flexibility index (Phi) is 2.03. The largest absolute Gasteiger partial charge is 0.254 e. The summed E-state index contributed by atoms with van der Waals surface area (Å²) in [5.41, 5.74) is 1.56. The Hall–Kier alpha value is -1.37. The first-order valence-electron chi connectivity index (χ1n) is 4.84. The molecule has 0 saturated heterocycles. The van der Waals surface area contributed by atoms with Gasteiger partial charge in [0, 0.05) is 11.6 Å². The summed E-state index contributed by atoms with van der Waals surface area (Å²) < 4.78 is 0. The molecule has 0 unspecified atom stereocenters. The lowest BCUT2D eigenvalue weighted by atomic mass is 9.86. The Balaban J connectivity index is 2.63. The standard InChI is InChI=1S/C13H14N/c1-13(2,3)12-5-4-11-9-14-7-6-10(11)8-12/h4-8H,1-3H3. The van der Waals surface area contributed by atoms with Gasteiger partial charge in [-0.2, -0.15) is 0 Å². The van der Waals surface area contributed by atoms with Gasteiger partial charge in [0.15, 0.2) is 0 Å². The van der Waals surface area contributed by atoms with Gasteiger partial charge in [-0.1, -0.05) is 39.0 Å². The summed E-state index contributed by atoms with van der Waals surface area (Å²) in [5.74, 6) is 0. The third-order valence-electron chi connectivity index (χ3n) is 2.43. The van der Waals surface area contributed by atoms with E-state index in [2.05, 4.69) is 50.2 Å². The fourth-order valence-corrected chi connectivity index (χ4v) is 1.49. The maximum Gasteiger partial charge on any atom is 0.0970 e. The Morgan fingerprint density at radius 2 is 1.93 bits per heavy atom. The van der Waals surface area contributed by atoms with Gasteiger partial charge in [-0.15, -0.1) is 0 Å². The monoisotopic (exact) mass is 184 g/mol. The maximum atomic E-state index is 3.98. The van der Waals surface area contributed by atoms with Crippen LogP contribution in [-0.4, -0.2) is 4.98 Å². The average Bonchev–Trinajstić information content (AvgIpc) is 2.16. The fourth-order valence-electron chi connectivity index (χ4n) is 1.49. The van der Waals surface area contributed by atoms with Crippen LogP contribution in [0.2, 0.25) is 0 Å². The summed E-state index contributed by atoms with van der Waals surface area (Å²) in [5, 5.41) is 2.30. The molecule has 1 radical (unpaired) electrons. The van der Waals surface area contributed by atoms with E-state index in [1.54, 1.807) is 6.20 Å². The summed E-state index contributed by atoms with van der Waals surface area (Å²) in [4.78, 5) is 3.98. The van der Waals surface area contributed by atoms with Gasteiger partial charge in [0.1, 0.15) is 0 Å². The number of hydrogen-bond donors (Lipinski definition) is 0. The zero-order valence-corrected chi connectivity index (χ0v) is 8.83. The van der Waals surface area contributed by atoms with Crippen LogP contribution in [0.5, 0.6) is 0 Å². The minimum Gasteiger partial charge on any atom is -0.254 e. The number of aromatic nitrogens is 1. The molecule has 0 spiro atoms. The lowest BCUT2D eigenvalue weighted by Gasteiger charge is -2.19. The summed E-state index contributed by atoms with van der Waals surface area (Å²) in [6, 6.07) is 8.48.